The molecular weight excluding hydrogens is 352 g/mol. The number of rotatable bonds is 12. The molecule has 0 unspecified atom stereocenters. The molecule has 2 N–H and O–H groups in total. The molecule has 2 heterocycles. The Morgan fingerprint density at radius 1 is 1.07 bits per heavy atom. The molecule has 0 radical (unpaired) electrons. The molecule has 0 saturated carbocycles. The van der Waals surface area contributed by atoms with E-state index in [1.54, 1.807) is 6.20 Å². The highest BCUT2D eigenvalue weighted by atomic mass is 32.1. The third kappa shape index (κ3) is 6.16. The first-order valence-electron chi connectivity index (χ1n) is 10.2. The third-order valence-electron chi connectivity index (χ3n) is 4.79. The van der Waals surface area contributed by atoms with Gasteiger partial charge in [0.05, 0.1) is 6.54 Å². The summed E-state index contributed by atoms with van der Waals surface area (Å²) in [4.78, 5) is 11.5. The molecule has 0 aliphatic carbocycles. The summed E-state index contributed by atoms with van der Waals surface area (Å²) in [5, 5.41) is 4.83. The summed E-state index contributed by atoms with van der Waals surface area (Å²) in [5.41, 5.74) is 1.33. The standard InChI is InChI=1S/C22H32N4S/c1-3-11-26(12-4-2)13-5-6-20-15-19-14-18(7-8-21(19)27-20)16-23-17-22-24-9-10-25-22/h7-10,14-15,23H,3-6,11-13,16-17H2,1-2H3,(H,24,25). The molecule has 146 valence electrons. The van der Waals surface area contributed by atoms with Gasteiger partial charge in [0.15, 0.2) is 0 Å². The Hall–Kier alpha value is -1.69. The number of aromatic nitrogens is 2. The number of hydrogen-bond acceptors (Lipinski definition) is 4. The minimum atomic E-state index is 0.770. The quantitative estimate of drug-likeness (QED) is 0.463. The van der Waals surface area contributed by atoms with Gasteiger partial charge in [-0.15, -0.1) is 11.3 Å². The van der Waals surface area contributed by atoms with E-state index in [1.165, 1.54) is 65.8 Å². The predicted octanol–water partition coefficient (Wildman–Crippen LogP) is 4.97. The van der Waals surface area contributed by atoms with Crippen molar-refractivity contribution in [1.29, 1.82) is 0 Å². The first-order chi connectivity index (χ1) is 13.3. The molecule has 0 fully saturated rings. The summed E-state index contributed by atoms with van der Waals surface area (Å²) in [7, 11) is 0. The number of aryl methyl sites for hydroxylation is 1. The van der Waals surface area contributed by atoms with Crippen molar-refractivity contribution in [3.63, 3.8) is 0 Å². The van der Waals surface area contributed by atoms with Crippen molar-refractivity contribution in [2.24, 2.45) is 0 Å². The highest BCUT2D eigenvalue weighted by molar-refractivity contribution is 7.19. The lowest BCUT2D eigenvalue weighted by Gasteiger charge is -2.20. The second-order valence-electron chi connectivity index (χ2n) is 7.17. The van der Waals surface area contributed by atoms with Gasteiger partial charge in [0, 0.05) is 28.5 Å². The van der Waals surface area contributed by atoms with Crippen molar-refractivity contribution in [2.75, 3.05) is 19.6 Å². The van der Waals surface area contributed by atoms with Crippen LogP contribution in [0.25, 0.3) is 10.1 Å². The van der Waals surface area contributed by atoms with Crippen molar-refractivity contribution in [1.82, 2.24) is 20.2 Å². The molecule has 0 aliphatic heterocycles. The zero-order valence-electron chi connectivity index (χ0n) is 16.6. The molecule has 0 atom stereocenters. The molecule has 3 rings (SSSR count). The Morgan fingerprint density at radius 3 is 2.67 bits per heavy atom. The van der Waals surface area contributed by atoms with Crippen molar-refractivity contribution in [2.45, 2.75) is 52.6 Å². The smallest absolute Gasteiger partial charge is 0.120 e. The topological polar surface area (TPSA) is 44.0 Å². The second kappa shape index (κ2) is 10.6. The summed E-state index contributed by atoms with van der Waals surface area (Å²) in [6.07, 6.45) is 8.60. The van der Waals surface area contributed by atoms with Crippen LogP contribution in [-0.4, -0.2) is 34.5 Å². The number of nitrogens with zero attached hydrogens (tertiary/aromatic N) is 2. The van der Waals surface area contributed by atoms with Crippen molar-refractivity contribution in [3.8, 4) is 0 Å². The SMILES string of the molecule is CCCN(CCC)CCCc1cc2cc(CNCc3ncc[nH]3)ccc2s1. The Balaban J connectivity index is 1.50. The molecule has 5 heteroatoms. The molecule has 0 aliphatic rings. The van der Waals surface area contributed by atoms with E-state index in [0.29, 0.717) is 0 Å². The van der Waals surface area contributed by atoms with Gasteiger partial charge in [-0.25, -0.2) is 4.98 Å². The van der Waals surface area contributed by atoms with Crippen molar-refractivity contribution < 1.29 is 0 Å². The van der Waals surface area contributed by atoms with E-state index in [-0.39, 0.29) is 0 Å². The normalized spacial score (nSPS) is 11.7. The predicted molar refractivity (Wildman–Crippen MR) is 116 cm³/mol. The number of imidazole rings is 1. The fourth-order valence-electron chi connectivity index (χ4n) is 3.55. The number of hydrogen-bond donors (Lipinski definition) is 2. The zero-order chi connectivity index (χ0) is 18.9. The van der Waals surface area contributed by atoms with Gasteiger partial charge in [-0.05, 0) is 74.5 Å². The summed E-state index contributed by atoms with van der Waals surface area (Å²) in [6, 6.07) is 9.22. The van der Waals surface area contributed by atoms with E-state index in [0.717, 1.165) is 18.9 Å². The lowest BCUT2D eigenvalue weighted by atomic mass is 10.1. The minimum absolute atomic E-state index is 0.770. The first kappa shape index (κ1) is 20.1. The molecule has 0 bridgehead atoms. The fraction of sp³-hybridized carbons (Fsp3) is 0.500. The van der Waals surface area contributed by atoms with E-state index in [9.17, 15) is 0 Å². The van der Waals surface area contributed by atoms with E-state index in [4.69, 9.17) is 0 Å². The van der Waals surface area contributed by atoms with Gasteiger partial charge in [0.2, 0.25) is 0 Å². The largest absolute Gasteiger partial charge is 0.348 e. The Bertz CT molecular complexity index is 788. The average Bonchev–Trinajstić information content (AvgIpc) is 3.31. The highest BCUT2D eigenvalue weighted by Crippen LogP contribution is 2.27. The van der Waals surface area contributed by atoms with Crippen LogP contribution in [0.3, 0.4) is 0 Å². The van der Waals surface area contributed by atoms with Crippen LogP contribution in [0.4, 0.5) is 0 Å². The molecule has 4 nitrogen and oxygen atoms in total. The summed E-state index contributed by atoms with van der Waals surface area (Å²) in [5.74, 6) is 0.981. The molecule has 0 amide bonds. The third-order valence-corrected chi connectivity index (χ3v) is 5.96. The van der Waals surface area contributed by atoms with Gasteiger partial charge in [-0.1, -0.05) is 19.9 Å². The highest BCUT2D eigenvalue weighted by Gasteiger charge is 2.06. The average molecular weight is 385 g/mol. The van der Waals surface area contributed by atoms with Gasteiger partial charge in [-0.2, -0.15) is 0 Å². The van der Waals surface area contributed by atoms with Crippen LogP contribution in [0, 0.1) is 0 Å². The number of aromatic amines is 1. The van der Waals surface area contributed by atoms with E-state index in [2.05, 4.69) is 58.3 Å². The van der Waals surface area contributed by atoms with Gasteiger partial charge >= 0.3 is 0 Å². The molecule has 0 saturated heterocycles. The molecular formula is C22H32N4S. The molecule has 1 aromatic carbocycles. The number of nitrogens with one attached hydrogen (secondary N) is 2. The number of fused-ring (bicyclic) bond motifs is 1. The van der Waals surface area contributed by atoms with Crippen LogP contribution < -0.4 is 5.32 Å². The number of thiophene rings is 1. The van der Waals surface area contributed by atoms with Crippen molar-refractivity contribution in [3.05, 3.63) is 52.9 Å². The lowest BCUT2D eigenvalue weighted by Crippen LogP contribution is -2.26. The summed E-state index contributed by atoms with van der Waals surface area (Å²) in [6.45, 7) is 9.86. The molecule has 2 aromatic heterocycles. The van der Waals surface area contributed by atoms with Crippen LogP contribution in [0.15, 0.2) is 36.7 Å². The van der Waals surface area contributed by atoms with E-state index >= 15 is 0 Å². The minimum Gasteiger partial charge on any atom is -0.348 e. The molecule has 3 aromatic rings. The van der Waals surface area contributed by atoms with Crippen LogP contribution >= 0.6 is 11.3 Å². The van der Waals surface area contributed by atoms with Crippen molar-refractivity contribution >= 4 is 21.4 Å². The molecule has 27 heavy (non-hydrogen) atoms. The summed E-state index contributed by atoms with van der Waals surface area (Å²) < 4.78 is 1.40. The Morgan fingerprint density at radius 2 is 1.93 bits per heavy atom. The van der Waals surface area contributed by atoms with E-state index in [1.807, 2.05) is 17.5 Å². The van der Waals surface area contributed by atoms with E-state index < -0.39 is 0 Å². The monoisotopic (exact) mass is 384 g/mol. The number of benzene rings is 1. The van der Waals surface area contributed by atoms with Crippen LogP contribution in [0.1, 0.15) is 49.4 Å². The van der Waals surface area contributed by atoms with Gasteiger partial charge in [0.25, 0.3) is 0 Å². The van der Waals surface area contributed by atoms with Crippen LogP contribution in [-0.2, 0) is 19.5 Å². The maximum absolute atomic E-state index is 4.24. The first-order valence-corrected chi connectivity index (χ1v) is 11.0. The lowest BCUT2D eigenvalue weighted by molar-refractivity contribution is 0.272. The maximum atomic E-state index is 4.24. The maximum Gasteiger partial charge on any atom is 0.120 e. The van der Waals surface area contributed by atoms with Gasteiger partial charge in [-0.3, -0.25) is 0 Å². The van der Waals surface area contributed by atoms with Gasteiger partial charge in [0.1, 0.15) is 5.82 Å². The molecule has 0 spiro atoms. The Labute approximate surface area is 167 Å². The number of H-pyrrole nitrogens is 1. The second-order valence-corrected chi connectivity index (χ2v) is 8.34. The Kier molecular flexibility index (Phi) is 7.87. The van der Waals surface area contributed by atoms with Gasteiger partial charge < -0.3 is 15.2 Å². The van der Waals surface area contributed by atoms with Crippen LogP contribution in [0.5, 0.6) is 0 Å². The van der Waals surface area contributed by atoms with Crippen LogP contribution in [0.2, 0.25) is 0 Å². The summed E-state index contributed by atoms with van der Waals surface area (Å²) >= 11 is 1.95. The zero-order valence-corrected chi connectivity index (χ0v) is 17.4. The fourth-order valence-corrected chi connectivity index (χ4v) is 4.63.